The number of ether oxygens (including phenoxy) is 1. The smallest absolute Gasteiger partial charge is 0.137 e. The zero-order chi connectivity index (χ0) is 9.97. The Morgan fingerprint density at radius 3 is 3.07 bits per heavy atom. The number of furan rings is 1. The van der Waals surface area contributed by atoms with E-state index in [1.165, 1.54) is 0 Å². The van der Waals surface area contributed by atoms with E-state index in [0.29, 0.717) is 6.42 Å². The molecule has 0 aliphatic carbocycles. The number of aldehydes is 1. The minimum absolute atomic E-state index is 0.355. The minimum atomic E-state index is 0.355. The molecule has 1 heterocycles. The first kappa shape index (κ1) is 8.81. The fourth-order valence-corrected chi connectivity index (χ4v) is 1.53. The Hall–Kier alpha value is -1.77. The highest BCUT2D eigenvalue weighted by molar-refractivity contribution is 5.89. The molecule has 0 saturated carbocycles. The summed E-state index contributed by atoms with van der Waals surface area (Å²) in [5.74, 6) is 0.744. The largest absolute Gasteiger partial charge is 0.496 e. The molecule has 0 amide bonds. The second kappa shape index (κ2) is 3.54. The molecule has 14 heavy (non-hydrogen) atoms. The first-order chi connectivity index (χ1) is 6.86. The van der Waals surface area contributed by atoms with E-state index < -0.39 is 0 Å². The van der Waals surface area contributed by atoms with Crippen molar-refractivity contribution in [3.8, 4) is 5.75 Å². The van der Waals surface area contributed by atoms with Crippen molar-refractivity contribution in [3.05, 3.63) is 30.0 Å². The second-order valence-electron chi connectivity index (χ2n) is 2.97. The van der Waals surface area contributed by atoms with Gasteiger partial charge in [-0.1, -0.05) is 6.07 Å². The molecule has 0 saturated heterocycles. The number of methoxy groups -OCH3 is 1. The van der Waals surface area contributed by atoms with Gasteiger partial charge >= 0.3 is 0 Å². The van der Waals surface area contributed by atoms with Gasteiger partial charge in [0.05, 0.1) is 18.8 Å². The van der Waals surface area contributed by atoms with Gasteiger partial charge in [0.2, 0.25) is 0 Å². The quantitative estimate of drug-likeness (QED) is 0.696. The highest BCUT2D eigenvalue weighted by atomic mass is 16.5. The molecule has 1 aromatic carbocycles. The lowest BCUT2D eigenvalue weighted by Crippen LogP contribution is -1.87. The molecule has 2 aromatic rings. The van der Waals surface area contributed by atoms with Crippen LogP contribution in [0.15, 0.2) is 28.9 Å². The van der Waals surface area contributed by atoms with Crippen LogP contribution in [0.2, 0.25) is 0 Å². The maximum atomic E-state index is 10.4. The highest BCUT2D eigenvalue weighted by Gasteiger charge is 2.09. The lowest BCUT2D eigenvalue weighted by atomic mass is 10.1. The molecule has 0 bridgehead atoms. The van der Waals surface area contributed by atoms with E-state index in [-0.39, 0.29) is 0 Å². The zero-order valence-electron chi connectivity index (χ0n) is 7.82. The van der Waals surface area contributed by atoms with Crippen LogP contribution < -0.4 is 4.74 Å². The minimum Gasteiger partial charge on any atom is -0.496 e. The van der Waals surface area contributed by atoms with Crippen LogP contribution in [0.5, 0.6) is 5.75 Å². The van der Waals surface area contributed by atoms with Crippen molar-refractivity contribution in [2.75, 3.05) is 7.11 Å². The van der Waals surface area contributed by atoms with Crippen molar-refractivity contribution in [3.63, 3.8) is 0 Å². The first-order valence-corrected chi connectivity index (χ1v) is 4.33. The van der Waals surface area contributed by atoms with Crippen molar-refractivity contribution in [1.29, 1.82) is 0 Å². The summed E-state index contributed by atoms with van der Waals surface area (Å²) in [6, 6.07) is 5.56. The van der Waals surface area contributed by atoms with Crippen LogP contribution >= 0.6 is 0 Å². The average Bonchev–Trinajstić information content (AvgIpc) is 2.62. The van der Waals surface area contributed by atoms with E-state index >= 15 is 0 Å². The van der Waals surface area contributed by atoms with Crippen molar-refractivity contribution in [1.82, 2.24) is 0 Å². The molecule has 0 radical (unpaired) electrons. The third kappa shape index (κ3) is 1.27. The Balaban J connectivity index is 2.67. The normalized spacial score (nSPS) is 10.4. The maximum Gasteiger partial charge on any atom is 0.137 e. The van der Waals surface area contributed by atoms with E-state index in [4.69, 9.17) is 9.15 Å². The van der Waals surface area contributed by atoms with Crippen molar-refractivity contribution < 1.29 is 13.9 Å². The molecule has 3 nitrogen and oxygen atoms in total. The molecule has 72 valence electrons. The summed E-state index contributed by atoms with van der Waals surface area (Å²) in [5, 5.41) is 0.891. The topological polar surface area (TPSA) is 39.4 Å². The Bertz CT molecular complexity index is 457. The van der Waals surface area contributed by atoms with E-state index in [9.17, 15) is 4.79 Å². The van der Waals surface area contributed by atoms with Gasteiger partial charge in [-0.25, -0.2) is 0 Å². The standard InChI is InChI=1S/C11H10O3/c1-13-9-3-2-4-10-11(9)8(5-6-12)7-14-10/h2-4,6-7H,5H2,1H3. The predicted molar refractivity (Wildman–Crippen MR) is 52.5 cm³/mol. The van der Waals surface area contributed by atoms with Gasteiger partial charge in [-0.05, 0) is 12.1 Å². The molecule has 3 heteroatoms. The van der Waals surface area contributed by atoms with Crippen LogP contribution in [0.1, 0.15) is 5.56 Å². The van der Waals surface area contributed by atoms with Gasteiger partial charge in [0.25, 0.3) is 0 Å². The Morgan fingerprint density at radius 1 is 1.50 bits per heavy atom. The monoisotopic (exact) mass is 190 g/mol. The van der Waals surface area contributed by atoms with Crippen molar-refractivity contribution >= 4 is 17.3 Å². The van der Waals surface area contributed by atoms with Gasteiger partial charge < -0.3 is 13.9 Å². The molecule has 0 aliphatic heterocycles. The fourth-order valence-electron chi connectivity index (χ4n) is 1.53. The van der Waals surface area contributed by atoms with Crippen LogP contribution in [0.25, 0.3) is 11.0 Å². The number of rotatable bonds is 3. The lowest BCUT2D eigenvalue weighted by molar-refractivity contribution is -0.107. The molecular weight excluding hydrogens is 180 g/mol. The average molecular weight is 190 g/mol. The molecule has 0 fully saturated rings. The van der Waals surface area contributed by atoms with Crippen LogP contribution in [0.4, 0.5) is 0 Å². The van der Waals surface area contributed by atoms with Gasteiger partial charge in [0.15, 0.2) is 0 Å². The fraction of sp³-hybridized carbons (Fsp3) is 0.182. The summed E-state index contributed by atoms with van der Waals surface area (Å²) in [4.78, 5) is 10.4. The summed E-state index contributed by atoms with van der Waals surface area (Å²) in [7, 11) is 1.60. The van der Waals surface area contributed by atoms with E-state index in [1.54, 1.807) is 13.4 Å². The Labute approximate surface area is 81.3 Å². The van der Waals surface area contributed by atoms with Crippen LogP contribution in [0, 0.1) is 0 Å². The summed E-state index contributed by atoms with van der Waals surface area (Å²) >= 11 is 0. The number of carbonyl (C=O) groups excluding carboxylic acids is 1. The van der Waals surface area contributed by atoms with Gasteiger partial charge in [-0.2, -0.15) is 0 Å². The Kier molecular flexibility index (Phi) is 2.23. The predicted octanol–water partition coefficient (Wildman–Crippen LogP) is 2.18. The van der Waals surface area contributed by atoms with Gasteiger partial charge in [0, 0.05) is 12.0 Å². The molecule has 2 rings (SSSR count). The molecule has 0 N–H and O–H groups in total. The summed E-state index contributed by atoms with van der Waals surface area (Å²) in [6.45, 7) is 0. The molecule has 0 unspecified atom stereocenters. The SMILES string of the molecule is COc1cccc2occ(CC=O)c12. The number of benzene rings is 1. The number of carbonyl (C=O) groups is 1. The van der Waals surface area contributed by atoms with Crippen LogP contribution in [-0.4, -0.2) is 13.4 Å². The first-order valence-electron chi connectivity index (χ1n) is 4.33. The third-order valence-electron chi connectivity index (χ3n) is 2.16. The van der Waals surface area contributed by atoms with E-state index in [0.717, 1.165) is 28.6 Å². The molecular formula is C11H10O3. The van der Waals surface area contributed by atoms with Crippen molar-refractivity contribution in [2.24, 2.45) is 0 Å². The molecule has 0 aliphatic rings. The van der Waals surface area contributed by atoms with Crippen molar-refractivity contribution in [2.45, 2.75) is 6.42 Å². The maximum absolute atomic E-state index is 10.4. The van der Waals surface area contributed by atoms with E-state index in [2.05, 4.69) is 0 Å². The molecule has 0 atom stereocenters. The molecule has 0 spiro atoms. The van der Waals surface area contributed by atoms with Crippen LogP contribution in [0.3, 0.4) is 0 Å². The number of hydrogen-bond donors (Lipinski definition) is 0. The zero-order valence-corrected chi connectivity index (χ0v) is 7.82. The highest BCUT2D eigenvalue weighted by Crippen LogP contribution is 2.30. The van der Waals surface area contributed by atoms with Crippen LogP contribution in [-0.2, 0) is 11.2 Å². The summed E-state index contributed by atoms with van der Waals surface area (Å²) in [5.41, 5.74) is 1.62. The number of hydrogen-bond acceptors (Lipinski definition) is 3. The number of fused-ring (bicyclic) bond motifs is 1. The van der Waals surface area contributed by atoms with E-state index in [1.807, 2.05) is 18.2 Å². The summed E-state index contributed by atoms with van der Waals surface area (Å²) in [6.07, 6.45) is 2.81. The van der Waals surface area contributed by atoms with Gasteiger partial charge in [-0.15, -0.1) is 0 Å². The molecule has 1 aromatic heterocycles. The second-order valence-corrected chi connectivity index (χ2v) is 2.97. The third-order valence-corrected chi connectivity index (χ3v) is 2.16. The lowest BCUT2D eigenvalue weighted by Gasteiger charge is -2.01. The van der Waals surface area contributed by atoms with Gasteiger partial charge in [0.1, 0.15) is 17.6 Å². The summed E-state index contributed by atoms with van der Waals surface area (Å²) < 4.78 is 10.5. The van der Waals surface area contributed by atoms with Gasteiger partial charge in [-0.3, -0.25) is 0 Å². The Morgan fingerprint density at radius 2 is 2.36 bits per heavy atom.